The zero-order chi connectivity index (χ0) is 21.9. The first-order valence-electron chi connectivity index (χ1n) is 10.6. The SMILES string of the molecule is O=c1c2ccccc2n(-c2nc3cc4oc(-c5ccccc5)nc4cc3o2)c2ccccc12. The van der Waals surface area contributed by atoms with Gasteiger partial charge in [0.05, 0.1) is 11.0 Å². The van der Waals surface area contributed by atoms with Crippen LogP contribution >= 0.6 is 0 Å². The molecule has 33 heavy (non-hydrogen) atoms. The van der Waals surface area contributed by atoms with Gasteiger partial charge in [-0.25, -0.2) is 4.98 Å². The molecule has 0 saturated carbocycles. The van der Waals surface area contributed by atoms with Crippen LogP contribution in [0.4, 0.5) is 0 Å². The fraction of sp³-hybridized carbons (Fsp3) is 0. The summed E-state index contributed by atoms with van der Waals surface area (Å²) in [6.45, 7) is 0. The average Bonchev–Trinajstić information content (AvgIpc) is 3.46. The summed E-state index contributed by atoms with van der Waals surface area (Å²) in [5.41, 5.74) is 4.95. The fourth-order valence-electron chi connectivity index (χ4n) is 4.34. The molecule has 3 heterocycles. The van der Waals surface area contributed by atoms with Crippen molar-refractivity contribution >= 4 is 44.0 Å². The summed E-state index contributed by atoms with van der Waals surface area (Å²) in [5.74, 6) is 0.552. The predicted octanol–water partition coefficient (Wildman–Crippen LogP) is 6.09. The van der Waals surface area contributed by atoms with Gasteiger partial charge < -0.3 is 8.83 Å². The van der Waals surface area contributed by atoms with E-state index in [2.05, 4.69) is 4.98 Å². The number of fused-ring (bicyclic) bond motifs is 4. The first-order valence-corrected chi connectivity index (χ1v) is 10.6. The van der Waals surface area contributed by atoms with Crippen LogP contribution in [0.1, 0.15) is 0 Å². The number of benzene rings is 4. The summed E-state index contributed by atoms with van der Waals surface area (Å²) in [5, 5.41) is 1.22. The van der Waals surface area contributed by atoms with Crippen LogP contribution in [0.15, 0.2) is 105 Å². The summed E-state index contributed by atoms with van der Waals surface area (Å²) in [6.07, 6.45) is 0. The number of hydrogen-bond donors (Lipinski definition) is 0. The molecule has 0 N–H and O–H groups in total. The minimum Gasteiger partial charge on any atom is -0.436 e. The van der Waals surface area contributed by atoms with E-state index in [0.717, 1.165) is 16.6 Å². The number of oxazole rings is 2. The van der Waals surface area contributed by atoms with Crippen molar-refractivity contribution in [2.75, 3.05) is 0 Å². The second-order valence-electron chi connectivity index (χ2n) is 7.87. The molecule has 0 radical (unpaired) electrons. The van der Waals surface area contributed by atoms with Gasteiger partial charge >= 0.3 is 6.01 Å². The Morgan fingerprint density at radius 3 is 1.91 bits per heavy atom. The molecule has 0 bridgehead atoms. The Morgan fingerprint density at radius 1 is 0.636 bits per heavy atom. The number of pyridine rings is 1. The monoisotopic (exact) mass is 429 g/mol. The molecular weight excluding hydrogens is 414 g/mol. The summed E-state index contributed by atoms with van der Waals surface area (Å²) < 4.78 is 14.1. The molecule has 0 aliphatic rings. The first kappa shape index (κ1) is 17.9. The van der Waals surface area contributed by atoms with E-state index in [0.29, 0.717) is 44.9 Å². The lowest BCUT2D eigenvalue weighted by molar-refractivity contribution is 0.574. The molecule has 0 unspecified atom stereocenters. The van der Waals surface area contributed by atoms with Crippen LogP contribution in [-0.2, 0) is 0 Å². The predicted molar refractivity (Wildman–Crippen MR) is 128 cm³/mol. The third-order valence-corrected chi connectivity index (χ3v) is 5.88. The molecule has 3 aromatic heterocycles. The molecule has 6 nitrogen and oxygen atoms in total. The van der Waals surface area contributed by atoms with E-state index in [9.17, 15) is 4.79 Å². The highest BCUT2D eigenvalue weighted by Crippen LogP contribution is 2.30. The maximum absolute atomic E-state index is 13.0. The van der Waals surface area contributed by atoms with Crippen LogP contribution in [0.25, 0.3) is 61.5 Å². The van der Waals surface area contributed by atoms with Gasteiger partial charge in [0, 0.05) is 28.5 Å². The summed E-state index contributed by atoms with van der Waals surface area (Å²) >= 11 is 0. The summed E-state index contributed by atoms with van der Waals surface area (Å²) in [7, 11) is 0. The van der Waals surface area contributed by atoms with Crippen molar-refractivity contribution in [3.8, 4) is 17.5 Å². The molecule has 0 fully saturated rings. The lowest BCUT2D eigenvalue weighted by Crippen LogP contribution is -2.10. The van der Waals surface area contributed by atoms with Crippen molar-refractivity contribution in [3.05, 3.63) is 101 Å². The molecule has 4 aromatic carbocycles. The summed E-state index contributed by atoms with van der Waals surface area (Å²) in [4.78, 5) is 22.4. The van der Waals surface area contributed by atoms with Crippen LogP contribution in [0.3, 0.4) is 0 Å². The van der Waals surface area contributed by atoms with Gasteiger partial charge in [-0.3, -0.25) is 9.36 Å². The zero-order valence-corrected chi connectivity index (χ0v) is 17.2. The maximum atomic E-state index is 13.0. The van der Waals surface area contributed by atoms with Crippen LogP contribution in [0, 0.1) is 0 Å². The smallest absolute Gasteiger partial charge is 0.307 e. The highest BCUT2D eigenvalue weighted by Gasteiger charge is 2.18. The van der Waals surface area contributed by atoms with Crippen molar-refractivity contribution in [3.63, 3.8) is 0 Å². The minimum absolute atomic E-state index is 0.0104. The minimum atomic E-state index is -0.0104. The first-order chi connectivity index (χ1) is 16.3. The van der Waals surface area contributed by atoms with Gasteiger partial charge in [-0.2, -0.15) is 4.98 Å². The third-order valence-electron chi connectivity index (χ3n) is 5.88. The molecule has 0 spiro atoms. The van der Waals surface area contributed by atoms with Gasteiger partial charge in [-0.15, -0.1) is 0 Å². The van der Waals surface area contributed by atoms with E-state index < -0.39 is 0 Å². The molecule has 6 heteroatoms. The standard InChI is InChI=1S/C27H15N3O3/c31-25-17-10-4-6-12-21(17)30(22-13-7-5-11-18(22)25)27-29-20-15-23-19(14-24(20)33-27)28-26(32-23)16-8-2-1-3-9-16/h1-15H. The molecule has 0 saturated heterocycles. The van der Waals surface area contributed by atoms with E-state index in [-0.39, 0.29) is 5.43 Å². The molecule has 7 aromatic rings. The van der Waals surface area contributed by atoms with E-state index in [1.807, 2.05) is 95.6 Å². The van der Waals surface area contributed by atoms with Crippen molar-refractivity contribution in [1.82, 2.24) is 14.5 Å². The van der Waals surface area contributed by atoms with Gasteiger partial charge in [0.1, 0.15) is 11.0 Å². The lowest BCUT2D eigenvalue weighted by Gasteiger charge is -2.11. The van der Waals surface area contributed by atoms with Crippen LogP contribution in [-0.4, -0.2) is 14.5 Å². The molecule has 0 atom stereocenters. The Hall–Kier alpha value is -4.71. The molecular formula is C27H15N3O3. The van der Waals surface area contributed by atoms with E-state index >= 15 is 0 Å². The Kier molecular flexibility index (Phi) is 3.61. The number of aromatic nitrogens is 3. The van der Waals surface area contributed by atoms with E-state index in [1.54, 1.807) is 0 Å². The highest BCUT2D eigenvalue weighted by molar-refractivity contribution is 5.95. The quantitative estimate of drug-likeness (QED) is 0.311. The van der Waals surface area contributed by atoms with Gasteiger partial charge in [-0.05, 0) is 36.4 Å². The Bertz CT molecular complexity index is 1780. The second kappa shape index (κ2) is 6.64. The summed E-state index contributed by atoms with van der Waals surface area (Å²) in [6, 6.07) is 28.8. The van der Waals surface area contributed by atoms with Crippen molar-refractivity contribution < 1.29 is 8.83 Å². The maximum Gasteiger partial charge on any atom is 0.307 e. The topological polar surface area (TPSA) is 74.1 Å². The van der Waals surface area contributed by atoms with Gasteiger partial charge in [0.15, 0.2) is 16.6 Å². The molecule has 7 rings (SSSR count). The Labute approximate surface area is 186 Å². The lowest BCUT2D eigenvalue weighted by atomic mass is 10.1. The molecule has 0 aliphatic heterocycles. The van der Waals surface area contributed by atoms with Crippen LogP contribution < -0.4 is 5.43 Å². The average molecular weight is 429 g/mol. The largest absolute Gasteiger partial charge is 0.436 e. The van der Waals surface area contributed by atoms with Crippen LogP contribution in [0.2, 0.25) is 0 Å². The Morgan fingerprint density at radius 2 is 1.21 bits per heavy atom. The molecule has 156 valence electrons. The number of nitrogens with zero attached hydrogens (tertiary/aromatic N) is 3. The molecule has 0 amide bonds. The third kappa shape index (κ3) is 2.64. The molecule has 0 aliphatic carbocycles. The van der Waals surface area contributed by atoms with Gasteiger partial charge in [-0.1, -0.05) is 42.5 Å². The number of hydrogen-bond acceptors (Lipinski definition) is 5. The van der Waals surface area contributed by atoms with Crippen LogP contribution in [0.5, 0.6) is 0 Å². The van der Waals surface area contributed by atoms with E-state index in [4.69, 9.17) is 13.8 Å². The van der Waals surface area contributed by atoms with Crippen molar-refractivity contribution in [1.29, 1.82) is 0 Å². The normalized spacial score (nSPS) is 11.8. The number of rotatable bonds is 2. The second-order valence-corrected chi connectivity index (χ2v) is 7.87. The number of para-hydroxylation sites is 2. The Balaban J connectivity index is 1.48. The fourth-order valence-corrected chi connectivity index (χ4v) is 4.34. The van der Waals surface area contributed by atoms with Gasteiger partial charge in [0.25, 0.3) is 0 Å². The van der Waals surface area contributed by atoms with Crippen molar-refractivity contribution in [2.45, 2.75) is 0 Å². The zero-order valence-electron chi connectivity index (χ0n) is 17.2. The van der Waals surface area contributed by atoms with E-state index in [1.165, 1.54) is 0 Å². The van der Waals surface area contributed by atoms with Crippen molar-refractivity contribution in [2.24, 2.45) is 0 Å². The van der Waals surface area contributed by atoms with Gasteiger partial charge in [0.2, 0.25) is 5.89 Å². The highest BCUT2D eigenvalue weighted by atomic mass is 16.4.